The molecule has 10 nitrogen and oxygen atoms in total. The topological polar surface area (TPSA) is 115 Å². The number of nitrogens with zero attached hydrogens (tertiary/aromatic N) is 5. The molecule has 1 saturated carbocycles. The first-order valence-electron chi connectivity index (χ1n) is 11.4. The quantitative estimate of drug-likeness (QED) is 0.414. The standard InChI is InChI=1S/C23H27ClN8O2S/c1-31-10-12-32(13-11-31)21-9-6-16(14-25-21)27-23-26-15-18(24)22(29-23)28-19-4-2-3-5-20(19)30-35(33,34)17-7-8-17/h2-6,9,14-15,17,30H,7-8,10-13H2,1H3,(H2,26,27,28,29). The predicted molar refractivity (Wildman–Crippen MR) is 140 cm³/mol. The molecule has 1 saturated heterocycles. The maximum Gasteiger partial charge on any atom is 0.235 e. The molecule has 0 atom stereocenters. The number of aromatic nitrogens is 3. The fourth-order valence-corrected chi connectivity index (χ4v) is 5.30. The van der Waals surface area contributed by atoms with Gasteiger partial charge in [-0.1, -0.05) is 23.7 Å². The minimum Gasteiger partial charge on any atom is -0.354 e. The number of pyridine rings is 1. The monoisotopic (exact) mass is 514 g/mol. The highest BCUT2D eigenvalue weighted by Crippen LogP contribution is 2.34. The molecular formula is C23H27ClN8O2S. The molecule has 0 radical (unpaired) electrons. The molecule has 0 amide bonds. The van der Waals surface area contributed by atoms with Crippen molar-refractivity contribution in [2.24, 2.45) is 0 Å². The number of piperazine rings is 1. The van der Waals surface area contributed by atoms with Gasteiger partial charge in [-0.3, -0.25) is 4.72 Å². The molecule has 0 bridgehead atoms. The third kappa shape index (κ3) is 5.75. The van der Waals surface area contributed by atoms with Gasteiger partial charge in [0.2, 0.25) is 16.0 Å². The van der Waals surface area contributed by atoms with Gasteiger partial charge >= 0.3 is 0 Å². The molecule has 2 aliphatic rings. The van der Waals surface area contributed by atoms with E-state index in [0.29, 0.717) is 41.0 Å². The number of hydrogen-bond acceptors (Lipinski definition) is 9. The van der Waals surface area contributed by atoms with Crippen molar-refractivity contribution in [3.8, 4) is 0 Å². The van der Waals surface area contributed by atoms with Crippen molar-refractivity contribution in [3.63, 3.8) is 0 Å². The summed E-state index contributed by atoms with van der Waals surface area (Å²) in [6.45, 7) is 3.93. The van der Waals surface area contributed by atoms with Crippen LogP contribution in [0.2, 0.25) is 5.02 Å². The van der Waals surface area contributed by atoms with Crippen LogP contribution in [0.4, 0.5) is 34.6 Å². The smallest absolute Gasteiger partial charge is 0.235 e. The molecule has 1 aliphatic heterocycles. The molecule has 1 aliphatic carbocycles. The normalized spacial score (nSPS) is 16.7. The molecule has 3 heterocycles. The van der Waals surface area contributed by atoms with Crippen molar-refractivity contribution in [1.29, 1.82) is 0 Å². The summed E-state index contributed by atoms with van der Waals surface area (Å²) < 4.78 is 27.5. The Hall–Kier alpha value is -3.15. The maximum absolute atomic E-state index is 12.4. The van der Waals surface area contributed by atoms with Gasteiger partial charge in [0.25, 0.3) is 0 Å². The fourth-order valence-electron chi connectivity index (χ4n) is 3.75. The SMILES string of the molecule is CN1CCN(c2ccc(Nc3ncc(Cl)c(Nc4ccccc4NS(=O)(=O)C4CC4)n3)cn2)CC1. The van der Waals surface area contributed by atoms with Crippen LogP contribution in [0.25, 0.3) is 0 Å². The largest absolute Gasteiger partial charge is 0.354 e. The first kappa shape index (κ1) is 23.6. The summed E-state index contributed by atoms with van der Waals surface area (Å²) >= 11 is 6.34. The van der Waals surface area contributed by atoms with Crippen LogP contribution in [0, 0.1) is 0 Å². The Morgan fingerprint density at radius 3 is 2.37 bits per heavy atom. The van der Waals surface area contributed by atoms with E-state index in [9.17, 15) is 8.42 Å². The number of para-hydroxylation sites is 2. The molecule has 2 aromatic heterocycles. The van der Waals surface area contributed by atoms with Gasteiger partial charge in [0.15, 0.2) is 5.82 Å². The molecular weight excluding hydrogens is 488 g/mol. The zero-order chi connectivity index (χ0) is 24.4. The number of benzene rings is 1. The summed E-state index contributed by atoms with van der Waals surface area (Å²) in [4.78, 5) is 17.9. The third-order valence-corrected chi connectivity index (χ3v) is 8.10. The summed E-state index contributed by atoms with van der Waals surface area (Å²) in [5.41, 5.74) is 1.72. The van der Waals surface area contributed by atoms with Gasteiger partial charge in [-0.25, -0.2) is 18.4 Å². The lowest BCUT2D eigenvalue weighted by molar-refractivity contribution is 0.312. The Morgan fingerprint density at radius 2 is 1.69 bits per heavy atom. The molecule has 3 aromatic rings. The van der Waals surface area contributed by atoms with Crippen LogP contribution in [-0.2, 0) is 10.0 Å². The number of sulfonamides is 1. The summed E-state index contributed by atoms with van der Waals surface area (Å²) in [6, 6.07) is 10.9. The van der Waals surface area contributed by atoms with E-state index >= 15 is 0 Å². The minimum absolute atomic E-state index is 0.305. The van der Waals surface area contributed by atoms with Crippen molar-refractivity contribution in [2.75, 3.05) is 53.5 Å². The van der Waals surface area contributed by atoms with Crippen molar-refractivity contribution in [1.82, 2.24) is 19.9 Å². The minimum atomic E-state index is -3.41. The van der Waals surface area contributed by atoms with Gasteiger partial charge < -0.3 is 20.4 Å². The summed E-state index contributed by atoms with van der Waals surface area (Å²) in [5.74, 6) is 1.62. The molecule has 184 valence electrons. The molecule has 1 aromatic carbocycles. The first-order valence-corrected chi connectivity index (χ1v) is 13.4. The Morgan fingerprint density at radius 1 is 0.943 bits per heavy atom. The van der Waals surface area contributed by atoms with Crippen LogP contribution in [0.5, 0.6) is 0 Å². The van der Waals surface area contributed by atoms with E-state index in [-0.39, 0.29) is 5.25 Å². The van der Waals surface area contributed by atoms with Gasteiger partial charge in [0.05, 0.1) is 34.7 Å². The van der Waals surface area contributed by atoms with Crippen molar-refractivity contribution >= 4 is 56.3 Å². The van der Waals surface area contributed by atoms with Gasteiger partial charge in [-0.15, -0.1) is 0 Å². The highest BCUT2D eigenvalue weighted by atomic mass is 35.5. The van der Waals surface area contributed by atoms with Crippen molar-refractivity contribution in [3.05, 3.63) is 53.8 Å². The van der Waals surface area contributed by atoms with E-state index in [4.69, 9.17) is 11.6 Å². The molecule has 12 heteroatoms. The second-order valence-corrected chi connectivity index (χ2v) is 11.1. The average molecular weight is 515 g/mol. The van der Waals surface area contributed by atoms with Gasteiger partial charge in [0.1, 0.15) is 10.8 Å². The highest BCUT2D eigenvalue weighted by molar-refractivity contribution is 7.93. The van der Waals surface area contributed by atoms with E-state index < -0.39 is 10.0 Å². The molecule has 0 unspecified atom stereocenters. The second-order valence-electron chi connectivity index (χ2n) is 8.73. The van der Waals surface area contributed by atoms with Crippen LogP contribution in [-0.4, -0.2) is 66.7 Å². The van der Waals surface area contributed by atoms with E-state index in [1.165, 1.54) is 6.20 Å². The number of halogens is 1. The summed E-state index contributed by atoms with van der Waals surface area (Å²) in [7, 11) is -1.29. The van der Waals surface area contributed by atoms with Crippen molar-refractivity contribution in [2.45, 2.75) is 18.1 Å². The van der Waals surface area contributed by atoms with Crippen molar-refractivity contribution < 1.29 is 8.42 Å². The zero-order valence-corrected chi connectivity index (χ0v) is 20.8. The van der Waals surface area contributed by atoms with Gasteiger partial charge in [-0.05, 0) is 44.2 Å². The van der Waals surface area contributed by atoms with Crippen LogP contribution in [0.1, 0.15) is 12.8 Å². The zero-order valence-electron chi connectivity index (χ0n) is 19.3. The Balaban J connectivity index is 1.29. The van der Waals surface area contributed by atoms with E-state index in [0.717, 1.165) is 37.7 Å². The molecule has 5 rings (SSSR count). The average Bonchev–Trinajstić information content (AvgIpc) is 3.70. The summed E-state index contributed by atoms with van der Waals surface area (Å²) in [6.07, 6.45) is 4.61. The lowest BCUT2D eigenvalue weighted by atomic mass is 10.2. The Labute approximate surface area is 209 Å². The number of hydrogen-bond donors (Lipinski definition) is 3. The predicted octanol–water partition coefficient (Wildman–Crippen LogP) is 3.67. The Bertz CT molecular complexity index is 1290. The number of nitrogens with one attached hydrogen (secondary N) is 3. The van der Waals surface area contributed by atoms with E-state index in [2.05, 4.69) is 47.2 Å². The third-order valence-electron chi connectivity index (χ3n) is 5.97. The van der Waals surface area contributed by atoms with Crippen LogP contribution in [0.3, 0.4) is 0 Å². The number of likely N-dealkylation sites (N-methyl/N-ethyl adjacent to an activating group) is 1. The van der Waals surface area contributed by atoms with Gasteiger partial charge in [0, 0.05) is 26.2 Å². The molecule has 2 fully saturated rings. The van der Waals surface area contributed by atoms with Crippen LogP contribution in [0.15, 0.2) is 48.8 Å². The Kier molecular flexibility index (Phi) is 6.63. The maximum atomic E-state index is 12.4. The van der Waals surface area contributed by atoms with Gasteiger partial charge in [-0.2, -0.15) is 4.98 Å². The fraction of sp³-hybridized carbons (Fsp3) is 0.348. The molecule has 3 N–H and O–H groups in total. The van der Waals surface area contributed by atoms with E-state index in [1.54, 1.807) is 30.5 Å². The summed E-state index contributed by atoms with van der Waals surface area (Å²) in [5, 5.41) is 6.25. The number of anilines is 6. The molecule has 0 spiro atoms. The van der Waals surface area contributed by atoms with E-state index in [1.807, 2.05) is 12.1 Å². The lowest BCUT2D eigenvalue weighted by Crippen LogP contribution is -2.44. The number of rotatable bonds is 8. The highest BCUT2D eigenvalue weighted by Gasteiger charge is 2.36. The van der Waals surface area contributed by atoms with Crippen LogP contribution >= 0.6 is 11.6 Å². The lowest BCUT2D eigenvalue weighted by Gasteiger charge is -2.33. The van der Waals surface area contributed by atoms with Crippen LogP contribution < -0.4 is 20.3 Å². The molecule has 35 heavy (non-hydrogen) atoms. The second kappa shape index (κ2) is 9.84. The first-order chi connectivity index (χ1) is 16.9.